The normalized spacial score (nSPS) is 11.5. The van der Waals surface area contributed by atoms with Gasteiger partial charge >= 0.3 is 0 Å². The van der Waals surface area contributed by atoms with Gasteiger partial charge in [-0.1, -0.05) is 0 Å². The Balaban J connectivity index is 2.30. The summed E-state index contributed by atoms with van der Waals surface area (Å²) in [7, 11) is 1.52. The summed E-state index contributed by atoms with van der Waals surface area (Å²) in [6, 6.07) is 10.5. The van der Waals surface area contributed by atoms with Crippen LogP contribution in [0.3, 0.4) is 0 Å². The van der Waals surface area contributed by atoms with Crippen molar-refractivity contribution in [3.05, 3.63) is 47.7 Å². The Labute approximate surface area is 117 Å². The van der Waals surface area contributed by atoms with E-state index < -0.39 is 0 Å². The van der Waals surface area contributed by atoms with Crippen LogP contribution < -0.4 is 15.2 Å². The van der Waals surface area contributed by atoms with E-state index in [1.807, 2.05) is 19.1 Å². The number of nitrogens with two attached hydrogens (primary N) is 1. The Morgan fingerprint density at radius 3 is 2.70 bits per heavy atom. The number of ether oxygens (including phenoxy) is 2. The number of benzene rings is 1. The quantitative estimate of drug-likeness (QED) is 0.923. The van der Waals surface area contributed by atoms with Gasteiger partial charge < -0.3 is 15.2 Å². The van der Waals surface area contributed by atoms with Crippen LogP contribution in [0.2, 0.25) is 0 Å². The third kappa shape index (κ3) is 3.05. The zero-order chi connectivity index (χ0) is 14.5. The molecule has 0 amide bonds. The molecule has 5 nitrogen and oxygen atoms in total. The summed E-state index contributed by atoms with van der Waals surface area (Å²) in [4.78, 5) is 4.14. The fourth-order valence-corrected chi connectivity index (χ4v) is 1.70. The predicted octanol–water partition coefficient (Wildman–Crippen LogP) is 2.77. The van der Waals surface area contributed by atoms with Gasteiger partial charge in [-0.3, -0.25) is 0 Å². The van der Waals surface area contributed by atoms with Crippen molar-refractivity contribution in [2.24, 2.45) is 5.73 Å². The minimum Gasteiger partial charge on any atom is -0.493 e. The molecule has 1 heterocycles. The standard InChI is InChI=1S/C15H15N3O2/c1-10(17)12-5-6-18-15(8-12)20-13-4-3-11(9-16)7-14(13)19-2/h3-8,10H,17H2,1-2H3/t10-/m1/s1. The van der Waals surface area contributed by atoms with Crippen molar-refractivity contribution in [1.29, 1.82) is 5.26 Å². The van der Waals surface area contributed by atoms with Gasteiger partial charge in [-0.2, -0.15) is 5.26 Å². The van der Waals surface area contributed by atoms with E-state index in [-0.39, 0.29) is 6.04 Å². The van der Waals surface area contributed by atoms with Crippen molar-refractivity contribution < 1.29 is 9.47 Å². The molecule has 0 fully saturated rings. The van der Waals surface area contributed by atoms with Gasteiger partial charge in [0.1, 0.15) is 0 Å². The fourth-order valence-electron chi connectivity index (χ4n) is 1.70. The molecule has 0 aliphatic rings. The summed E-state index contributed by atoms with van der Waals surface area (Å²) in [5, 5.41) is 8.86. The van der Waals surface area contributed by atoms with Crippen LogP contribution in [-0.4, -0.2) is 12.1 Å². The number of aromatic nitrogens is 1. The SMILES string of the molecule is COc1cc(C#N)ccc1Oc1cc([C@@H](C)N)ccn1. The lowest BCUT2D eigenvalue weighted by atomic mass is 10.1. The molecule has 0 unspecified atom stereocenters. The molecule has 2 rings (SSSR count). The van der Waals surface area contributed by atoms with Crippen LogP contribution in [0.5, 0.6) is 17.4 Å². The summed E-state index contributed by atoms with van der Waals surface area (Å²) < 4.78 is 10.9. The molecule has 1 aromatic heterocycles. The molecular weight excluding hydrogens is 254 g/mol. The lowest BCUT2D eigenvalue weighted by Gasteiger charge is -2.11. The largest absolute Gasteiger partial charge is 0.493 e. The Morgan fingerprint density at radius 1 is 1.25 bits per heavy atom. The molecule has 0 saturated heterocycles. The molecule has 20 heavy (non-hydrogen) atoms. The van der Waals surface area contributed by atoms with Gasteiger partial charge in [-0.25, -0.2) is 4.98 Å². The molecule has 1 atom stereocenters. The van der Waals surface area contributed by atoms with Gasteiger partial charge in [-0.15, -0.1) is 0 Å². The van der Waals surface area contributed by atoms with Crippen molar-refractivity contribution >= 4 is 0 Å². The van der Waals surface area contributed by atoms with E-state index in [1.165, 1.54) is 7.11 Å². The average molecular weight is 269 g/mol. The van der Waals surface area contributed by atoms with Gasteiger partial charge in [0, 0.05) is 24.4 Å². The van der Waals surface area contributed by atoms with Crippen molar-refractivity contribution in [3.63, 3.8) is 0 Å². The van der Waals surface area contributed by atoms with Gasteiger partial charge in [0.15, 0.2) is 11.5 Å². The first-order valence-electron chi connectivity index (χ1n) is 6.11. The van der Waals surface area contributed by atoms with E-state index >= 15 is 0 Å². The Hall–Kier alpha value is -2.58. The van der Waals surface area contributed by atoms with Gasteiger partial charge in [0.05, 0.1) is 18.7 Å². The van der Waals surface area contributed by atoms with Crippen LogP contribution in [0.15, 0.2) is 36.5 Å². The third-order valence-electron chi connectivity index (χ3n) is 2.79. The van der Waals surface area contributed by atoms with Crippen LogP contribution in [0.25, 0.3) is 0 Å². The zero-order valence-corrected chi connectivity index (χ0v) is 11.3. The van der Waals surface area contributed by atoms with Crippen LogP contribution >= 0.6 is 0 Å². The van der Waals surface area contributed by atoms with Crippen LogP contribution in [0.4, 0.5) is 0 Å². The molecule has 2 N–H and O–H groups in total. The van der Waals surface area contributed by atoms with E-state index in [2.05, 4.69) is 4.98 Å². The number of nitrogens with zero attached hydrogens (tertiary/aromatic N) is 2. The second-order valence-electron chi connectivity index (χ2n) is 4.30. The van der Waals surface area contributed by atoms with E-state index in [4.69, 9.17) is 20.5 Å². The van der Waals surface area contributed by atoms with Gasteiger partial charge in [-0.05, 0) is 30.7 Å². The highest BCUT2D eigenvalue weighted by atomic mass is 16.5. The number of rotatable bonds is 4. The fraction of sp³-hybridized carbons (Fsp3) is 0.200. The van der Waals surface area contributed by atoms with Crippen LogP contribution in [0, 0.1) is 11.3 Å². The highest BCUT2D eigenvalue weighted by molar-refractivity contribution is 5.48. The topological polar surface area (TPSA) is 81.2 Å². The van der Waals surface area contributed by atoms with Crippen molar-refractivity contribution in [2.45, 2.75) is 13.0 Å². The van der Waals surface area contributed by atoms with Gasteiger partial charge in [0.25, 0.3) is 0 Å². The van der Waals surface area contributed by atoms with E-state index in [0.29, 0.717) is 22.9 Å². The summed E-state index contributed by atoms with van der Waals surface area (Å²) in [6.45, 7) is 1.89. The average Bonchev–Trinajstić information content (AvgIpc) is 2.48. The van der Waals surface area contributed by atoms with Crippen molar-refractivity contribution in [2.75, 3.05) is 7.11 Å². The summed E-state index contributed by atoms with van der Waals surface area (Å²) in [5.74, 6) is 1.42. The van der Waals surface area contributed by atoms with Crippen LogP contribution in [-0.2, 0) is 0 Å². The van der Waals surface area contributed by atoms with E-state index in [1.54, 1.807) is 30.5 Å². The zero-order valence-electron chi connectivity index (χ0n) is 11.3. The first-order chi connectivity index (χ1) is 9.63. The van der Waals surface area contributed by atoms with E-state index in [0.717, 1.165) is 5.56 Å². The van der Waals surface area contributed by atoms with Crippen molar-refractivity contribution in [3.8, 4) is 23.4 Å². The van der Waals surface area contributed by atoms with E-state index in [9.17, 15) is 0 Å². The monoisotopic (exact) mass is 269 g/mol. The summed E-state index contributed by atoms with van der Waals surface area (Å²) in [6.07, 6.45) is 1.64. The smallest absolute Gasteiger partial charge is 0.219 e. The number of hydrogen-bond acceptors (Lipinski definition) is 5. The summed E-state index contributed by atoms with van der Waals surface area (Å²) >= 11 is 0. The minimum atomic E-state index is -0.0942. The highest BCUT2D eigenvalue weighted by Crippen LogP contribution is 2.31. The maximum absolute atomic E-state index is 8.86. The summed E-state index contributed by atoms with van der Waals surface area (Å²) in [5.41, 5.74) is 7.26. The Bertz CT molecular complexity index is 648. The number of pyridine rings is 1. The minimum absolute atomic E-state index is 0.0942. The molecule has 0 bridgehead atoms. The maximum Gasteiger partial charge on any atom is 0.219 e. The van der Waals surface area contributed by atoms with Gasteiger partial charge in [0.2, 0.25) is 5.88 Å². The Morgan fingerprint density at radius 2 is 2.05 bits per heavy atom. The Kier molecular flexibility index (Phi) is 4.18. The number of hydrogen-bond donors (Lipinski definition) is 1. The second kappa shape index (κ2) is 6.04. The predicted molar refractivity (Wildman–Crippen MR) is 74.6 cm³/mol. The lowest BCUT2D eigenvalue weighted by Crippen LogP contribution is -2.05. The molecule has 1 aromatic carbocycles. The molecule has 2 aromatic rings. The first kappa shape index (κ1) is 13.8. The highest BCUT2D eigenvalue weighted by Gasteiger charge is 2.09. The van der Waals surface area contributed by atoms with Crippen molar-refractivity contribution in [1.82, 2.24) is 4.98 Å². The molecule has 0 aliphatic carbocycles. The molecule has 5 heteroatoms. The maximum atomic E-state index is 8.86. The molecular formula is C15H15N3O2. The molecule has 0 radical (unpaired) electrons. The first-order valence-corrected chi connectivity index (χ1v) is 6.11. The number of nitriles is 1. The number of methoxy groups -OCH3 is 1. The second-order valence-corrected chi connectivity index (χ2v) is 4.30. The molecule has 0 spiro atoms. The third-order valence-corrected chi connectivity index (χ3v) is 2.79. The lowest BCUT2D eigenvalue weighted by molar-refractivity contribution is 0.374. The molecule has 0 saturated carbocycles. The molecule has 102 valence electrons. The molecule has 0 aliphatic heterocycles. The van der Waals surface area contributed by atoms with Crippen LogP contribution in [0.1, 0.15) is 24.1 Å².